The third-order valence-corrected chi connectivity index (χ3v) is 3.36. The van der Waals surface area contributed by atoms with E-state index >= 15 is 0 Å². The molecule has 0 unspecified atom stereocenters. The van der Waals surface area contributed by atoms with Gasteiger partial charge in [-0.15, -0.1) is 0 Å². The fraction of sp³-hybridized carbons (Fsp3) is 0.400. The minimum Gasteiger partial charge on any atom is -0.466 e. The third-order valence-electron chi connectivity index (χ3n) is 2.87. The van der Waals surface area contributed by atoms with Crippen molar-refractivity contribution in [3.63, 3.8) is 0 Å². The van der Waals surface area contributed by atoms with Crippen LogP contribution in [0.15, 0.2) is 28.7 Å². The van der Waals surface area contributed by atoms with Crippen molar-refractivity contribution < 1.29 is 19.1 Å². The molecule has 6 nitrogen and oxygen atoms in total. The van der Waals surface area contributed by atoms with Crippen molar-refractivity contribution in [1.29, 1.82) is 0 Å². The lowest BCUT2D eigenvalue weighted by Crippen LogP contribution is -2.45. The first kappa shape index (κ1) is 18.2. The molecule has 120 valence electrons. The van der Waals surface area contributed by atoms with Crippen LogP contribution in [0, 0.1) is 0 Å². The Kier molecular flexibility index (Phi) is 7.59. The van der Waals surface area contributed by atoms with Gasteiger partial charge in [0.1, 0.15) is 6.04 Å². The number of nitrogens with one attached hydrogen (secondary N) is 1. The molecule has 3 N–H and O–H groups in total. The summed E-state index contributed by atoms with van der Waals surface area (Å²) in [5, 5.41) is 2.55. The molecule has 1 rings (SSSR count). The predicted octanol–water partition coefficient (Wildman–Crippen LogP) is 1.30. The molecule has 0 aromatic heterocycles. The van der Waals surface area contributed by atoms with E-state index in [0.717, 1.165) is 10.0 Å². The highest BCUT2D eigenvalue weighted by atomic mass is 79.9. The van der Waals surface area contributed by atoms with Gasteiger partial charge >= 0.3 is 5.97 Å². The number of carbonyl (C=O) groups excluding carboxylic acids is 3. The number of halogens is 1. The standard InChI is InChI=1S/C15H19BrN2O4/c1-2-22-14(20)7-6-13(19)18-12(15(17)21)9-10-4-3-5-11(16)8-10/h3-5,8,12H,2,6-7,9H2,1H3,(H2,17,21)(H,18,19)/t12-/m1/s1. The van der Waals surface area contributed by atoms with Crippen LogP contribution in [0.2, 0.25) is 0 Å². The molecular weight excluding hydrogens is 352 g/mol. The van der Waals surface area contributed by atoms with E-state index in [9.17, 15) is 14.4 Å². The molecule has 0 heterocycles. The molecular formula is C15H19BrN2O4. The lowest BCUT2D eigenvalue weighted by molar-refractivity contribution is -0.144. The highest BCUT2D eigenvalue weighted by Gasteiger charge is 2.19. The maximum Gasteiger partial charge on any atom is 0.306 e. The van der Waals surface area contributed by atoms with E-state index in [1.165, 1.54) is 0 Å². The molecule has 1 aromatic rings. The van der Waals surface area contributed by atoms with Crippen molar-refractivity contribution >= 4 is 33.7 Å². The molecule has 0 radical (unpaired) electrons. The normalized spacial score (nSPS) is 11.5. The second-order valence-electron chi connectivity index (χ2n) is 4.66. The fourth-order valence-corrected chi connectivity index (χ4v) is 2.28. The number of primary amides is 1. The number of amides is 2. The Hall–Kier alpha value is -1.89. The summed E-state index contributed by atoms with van der Waals surface area (Å²) in [7, 11) is 0. The van der Waals surface area contributed by atoms with Gasteiger partial charge < -0.3 is 15.8 Å². The minimum absolute atomic E-state index is 0.0258. The van der Waals surface area contributed by atoms with Crippen molar-refractivity contribution in [3.8, 4) is 0 Å². The Morgan fingerprint density at radius 1 is 1.32 bits per heavy atom. The van der Waals surface area contributed by atoms with Gasteiger partial charge in [0, 0.05) is 17.3 Å². The lowest BCUT2D eigenvalue weighted by atomic mass is 10.1. The number of nitrogens with two attached hydrogens (primary N) is 1. The Bertz CT molecular complexity index is 548. The van der Waals surface area contributed by atoms with Gasteiger partial charge in [-0.1, -0.05) is 28.1 Å². The predicted molar refractivity (Wildman–Crippen MR) is 84.8 cm³/mol. The number of esters is 1. The SMILES string of the molecule is CCOC(=O)CCC(=O)N[C@H](Cc1cccc(Br)c1)C(N)=O. The molecule has 7 heteroatoms. The summed E-state index contributed by atoms with van der Waals surface area (Å²) >= 11 is 3.34. The first-order chi connectivity index (χ1) is 10.4. The topological polar surface area (TPSA) is 98.5 Å². The zero-order valence-corrected chi connectivity index (χ0v) is 13.9. The number of ether oxygens (including phenoxy) is 1. The molecule has 0 aliphatic carbocycles. The second kappa shape index (κ2) is 9.19. The summed E-state index contributed by atoms with van der Waals surface area (Å²) in [6, 6.07) is 6.57. The molecule has 1 aromatic carbocycles. The smallest absolute Gasteiger partial charge is 0.306 e. The zero-order chi connectivity index (χ0) is 16.5. The highest BCUT2D eigenvalue weighted by Crippen LogP contribution is 2.13. The summed E-state index contributed by atoms with van der Waals surface area (Å²) < 4.78 is 5.61. The van der Waals surface area contributed by atoms with Crippen molar-refractivity contribution in [2.75, 3.05) is 6.61 Å². The Morgan fingerprint density at radius 2 is 2.05 bits per heavy atom. The summed E-state index contributed by atoms with van der Waals surface area (Å²) in [5.74, 6) is -1.48. The third kappa shape index (κ3) is 6.71. The van der Waals surface area contributed by atoms with E-state index in [0.29, 0.717) is 6.42 Å². The Balaban J connectivity index is 2.55. The van der Waals surface area contributed by atoms with E-state index in [4.69, 9.17) is 10.5 Å². The van der Waals surface area contributed by atoms with Gasteiger partial charge in [0.25, 0.3) is 0 Å². The van der Waals surface area contributed by atoms with Crippen molar-refractivity contribution in [2.45, 2.75) is 32.2 Å². The Labute approximate surface area is 137 Å². The van der Waals surface area contributed by atoms with E-state index < -0.39 is 23.8 Å². The first-order valence-electron chi connectivity index (χ1n) is 6.91. The summed E-state index contributed by atoms with van der Waals surface area (Å²) in [4.78, 5) is 34.5. The summed E-state index contributed by atoms with van der Waals surface area (Å²) in [6.45, 7) is 1.96. The molecule has 0 aliphatic rings. The van der Waals surface area contributed by atoms with Gasteiger partial charge in [-0.05, 0) is 24.6 Å². The van der Waals surface area contributed by atoms with Crippen molar-refractivity contribution in [1.82, 2.24) is 5.32 Å². The van der Waals surface area contributed by atoms with Crippen LogP contribution in [0.3, 0.4) is 0 Å². The number of rotatable bonds is 8. The van der Waals surface area contributed by atoms with Gasteiger partial charge in [0.2, 0.25) is 11.8 Å². The number of hydrogen-bond acceptors (Lipinski definition) is 4. The van der Waals surface area contributed by atoms with Gasteiger partial charge in [-0.25, -0.2) is 0 Å². The molecule has 0 spiro atoms. The number of benzene rings is 1. The molecule has 0 saturated heterocycles. The van der Waals surface area contributed by atoms with Crippen LogP contribution in [0.25, 0.3) is 0 Å². The van der Waals surface area contributed by atoms with Crippen LogP contribution < -0.4 is 11.1 Å². The zero-order valence-electron chi connectivity index (χ0n) is 12.3. The maximum atomic E-state index is 11.8. The summed E-state index contributed by atoms with van der Waals surface area (Å²) in [5.41, 5.74) is 6.18. The second-order valence-corrected chi connectivity index (χ2v) is 5.58. The minimum atomic E-state index is -0.816. The average Bonchev–Trinajstić information content (AvgIpc) is 2.45. The van der Waals surface area contributed by atoms with E-state index in [2.05, 4.69) is 21.2 Å². The largest absolute Gasteiger partial charge is 0.466 e. The molecule has 0 aliphatic heterocycles. The van der Waals surface area contributed by atoms with E-state index in [-0.39, 0.29) is 19.4 Å². The average molecular weight is 371 g/mol. The lowest BCUT2D eigenvalue weighted by Gasteiger charge is -2.15. The Morgan fingerprint density at radius 3 is 2.64 bits per heavy atom. The van der Waals surface area contributed by atoms with Crippen LogP contribution >= 0.6 is 15.9 Å². The molecule has 22 heavy (non-hydrogen) atoms. The van der Waals surface area contributed by atoms with Crippen LogP contribution in [0.5, 0.6) is 0 Å². The van der Waals surface area contributed by atoms with Gasteiger partial charge in [-0.3, -0.25) is 14.4 Å². The fourth-order valence-electron chi connectivity index (χ4n) is 1.84. The van der Waals surface area contributed by atoms with Gasteiger partial charge in [0.05, 0.1) is 13.0 Å². The van der Waals surface area contributed by atoms with E-state index in [1.807, 2.05) is 24.3 Å². The highest BCUT2D eigenvalue weighted by molar-refractivity contribution is 9.10. The van der Waals surface area contributed by atoms with Crippen LogP contribution in [0.1, 0.15) is 25.3 Å². The molecule has 0 saturated carbocycles. The summed E-state index contributed by atoms with van der Waals surface area (Å²) in [6.07, 6.45) is 0.225. The van der Waals surface area contributed by atoms with Crippen molar-refractivity contribution in [3.05, 3.63) is 34.3 Å². The van der Waals surface area contributed by atoms with Crippen LogP contribution in [-0.4, -0.2) is 30.4 Å². The van der Waals surface area contributed by atoms with Crippen LogP contribution in [-0.2, 0) is 25.5 Å². The molecule has 1 atom stereocenters. The van der Waals surface area contributed by atoms with E-state index in [1.54, 1.807) is 6.92 Å². The quantitative estimate of drug-likeness (QED) is 0.673. The van der Waals surface area contributed by atoms with Crippen molar-refractivity contribution in [2.24, 2.45) is 5.73 Å². The molecule has 0 fully saturated rings. The number of carbonyl (C=O) groups is 3. The molecule has 0 bridgehead atoms. The first-order valence-corrected chi connectivity index (χ1v) is 7.70. The molecule has 2 amide bonds. The number of hydrogen-bond donors (Lipinski definition) is 2. The maximum absolute atomic E-state index is 11.8. The van der Waals surface area contributed by atoms with Gasteiger partial charge in [-0.2, -0.15) is 0 Å². The van der Waals surface area contributed by atoms with Crippen LogP contribution in [0.4, 0.5) is 0 Å². The van der Waals surface area contributed by atoms with Gasteiger partial charge in [0.15, 0.2) is 0 Å². The monoisotopic (exact) mass is 370 g/mol.